The van der Waals surface area contributed by atoms with E-state index in [4.69, 9.17) is 0 Å². The van der Waals surface area contributed by atoms with Crippen molar-refractivity contribution in [1.29, 1.82) is 0 Å². The van der Waals surface area contributed by atoms with Gasteiger partial charge in [-0.1, -0.05) is 37.3 Å². The Bertz CT molecular complexity index is 326. The van der Waals surface area contributed by atoms with Crippen molar-refractivity contribution in [1.82, 2.24) is 0 Å². The molecule has 3 nitrogen and oxygen atoms in total. The van der Waals surface area contributed by atoms with Crippen molar-refractivity contribution in [3.05, 3.63) is 35.9 Å². The number of hydrogen-bond donors (Lipinski definition) is 1. The second-order valence-electron chi connectivity index (χ2n) is 3.38. The normalized spacial score (nSPS) is 14.3. The summed E-state index contributed by atoms with van der Waals surface area (Å²) in [5.74, 6) is -1.07. The molecule has 0 aliphatic rings. The van der Waals surface area contributed by atoms with Crippen molar-refractivity contribution in [2.75, 3.05) is 0 Å². The highest BCUT2D eigenvalue weighted by Crippen LogP contribution is 2.28. The number of aliphatic hydroxyl groups is 1. The molecule has 0 spiro atoms. The fourth-order valence-electron chi connectivity index (χ4n) is 1.45. The molecule has 0 radical (unpaired) electrons. The molecule has 0 bridgehead atoms. The van der Waals surface area contributed by atoms with Gasteiger partial charge in [-0.3, -0.25) is 4.94 Å². The van der Waals surface area contributed by atoms with E-state index >= 15 is 0 Å². The van der Waals surface area contributed by atoms with Crippen LogP contribution in [-0.4, -0.2) is 11.1 Å². The lowest BCUT2D eigenvalue weighted by molar-refractivity contribution is -0.189. The van der Waals surface area contributed by atoms with Gasteiger partial charge in [-0.15, -0.1) is 0 Å². The highest BCUT2D eigenvalue weighted by atomic mass is 19.3. The van der Waals surface area contributed by atoms with Crippen molar-refractivity contribution in [3.63, 3.8) is 0 Å². The van der Waals surface area contributed by atoms with Crippen LogP contribution in [0.25, 0.3) is 0 Å². The van der Waals surface area contributed by atoms with Gasteiger partial charge in [0.2, 0.25) is 0 Å². The molecule has 1 unspecified atom stereocenters. The predicted molar refractivity (Wildman–Crippen MR) is 52.4 cm³/mol. The fourth-order valence-corrected chi connectivity index (χ4v) is 1.45. The van der Waals surface area contributed by atoms with Crippen LogP contribution in [0.1, 0.15) is 25.3 Å². The van der Waals surface area contributed by atoms with Crippen molar-refractivity contribution in [2.45, 2.75) is 25.4 Å². The van der Waals surface area contributed by atoms with Gasteiger partial charge in [-0.25, -0.2) is 4.79 Å². The number of benzene rings is 1. The third kappa shape index (κ3) is 2.76. The lowest BCUT2D eigenvalue weighted by Crippen LogP contribution is -2.28. The van der Waals surface area contributed by atoms with Gasteiger partial charge in [0.25, 0.3) is 0 Å². The van der Waals surface area contributed by atoms with Crippen LogP contribution in [0.15, 0.2) is 30.3 Å². The summed E-state index contributed by atoms with van der Waals surface area (Å²) < 4.78 is 11.6. The predicted octanol–water partition coefficient (Wildman–Crippen LogP) is 2.10. The molecule has 0 saturated carbocycles. The summed E-state index contributed by atoms with van der Waals surface area (Å²) in [6, 6.07) is 8.67. The first kappa shape index (κ1) is 11.7. The second kappa shape index (κ2) is 4.89. The average molecular weight is 212 g/mol. The van der Waals surface area contributed by atoms with Crippen molar-refractivity contribution in [3.8, 4) is 0 Å². The maximum Gasteiger partial charge on any atom is 0.352 e. The smallest absolute Gasteiger partial charge is 0.352 e. The van der Waals surface area contributed by atoms with Gasteiger partial charge >= 0.3 is 5.97 Å². The van der Waals surface area contributed by atoms with Gasteiger partial charge in [0.15, 0.2) is 0 Å². The van der Waals surface area contributed by atoms with Gasteiger partial charge in [0.05, 0.1) is 12.0 Å². The molecule has 1 N–H and O–H groups in total. The lowest BCUT2D eigenvalue weighted by atomic mass is 9.88. The lowest BCUT2D eigenvalue weighted by Gasteiger charge is -2.25. The van der Waals surface area contributed by atoms with E-state index in [-0.39, 0.29) is 6.42 Å². The largest absolute Gasteiger partial charge is 0.385 e. The van der Waals surface area contributed by atoms with E-state index in [9.17, 15) is 14.4 Å². The van der Waals surface area contributed by atoms with Gasteiger partial charge in [0.1, 0.15) is 0 Å². The number of hydrogen-bond acceptors (Lipinski definition) is 3. The molecular weight excluding hydrogens is 199 g/mol. The monoisotopic (exact) mass is 212 g/mol. The summed E-state index contributed by atoms with van der Waals surface area (Å²) in [7, 11) is 0. The second-order valence-corrected chi connectivity index (χ2v) is 3.38. The Morgan fingerprint density at radius 3 is 2.53 bits per heavy atom. The summed E-state index contributed by atoms with van der Waals surface area (Å²) in [6.07, 6.45) is -0.0733. The molecule has 1 aromatic rings. The molecule has 0 amide bonds. The Morgan fingerprint density at radius 1 is 1.47 bits per heavy atom. The highest BCUT2D eigenvalue weighted by molar-refractivity contribution is 5.70. The minimum absolute atomic E-state index is 0.312. The van der Waals surface area contributed by atoms with Crippen LogP contribution in [0.4, 0.5) is 4.53 Å². The average Bonchev–Trinajstić information content (AvgIpc) is 2.30. The first-order chi connectivity index (χ1) is 7.12. The van der Waals surface area contributed by atoms with Crippen molar-refractivity contribution < 1.29 is 19.4 Å². The van der Waals surface area contributed by atoms with Gasteiger partial charge in [0, 0.05) is 4.53 Å². The summed E-state index contributed by atoms with van der Waals surface area (Å²) >= 11 is 0. The van der Waals surface area contributed by atoms with E-state index in [1.54, 1.807) is 37.3 Å². The molecule has 1 aromatic carbocycles. The Morgan fingerprint density at radius 2 is 2.07 bits per heavy atom. The number of carbonyl (C=O) groups is 1. The van der Waals surface area contributed by atoms with E-state index < -0.39 is 11.6 Å². The van der Waals surface area contributed by atoms with E-state index in [0.717, 1.165) is 0 Å². The fraction of sp³-hybridized carbons (Fsp3) is 0.364. The Kier molecular flexibility index (Phi) is 3.80. The molecule has 82 valence electrons. The molecular formula is C11H13FO3. The quantitative estimate of drug-likeness (QED) is 0.831. The van der Waals surface area contributed by atoms with Crippen LogP contribution in [-0.2, 0) is 15.3 Å². The maximum absolute atomic E-state index is 11.6. The third-order valence-corrected chi connectivity index (χ3v) is 2.42. The molecule has 0 aliphatic heterocycles. The highest BCUT2D eigenvalue weighted by Gasteiger charge is 2.31. The summed E-state index contributed by atoms with van der Waals surface area (Å²) in [5, 5.41) is 10.1. The zero-order chi connectivity index (χ0) is 11.3. The Labute approximate surface area is 87.4 Å². The molecule has 0 aliphatic carbocycles. The molecule has 1 rings (SSSR count). The topological polar surface area (TPSA) is 46.5 Å². The molecule has 15 heavy (non-hydrogen) atoms. The third-order valence-electron chi connectivity index (χ3n) is 2.42. The number of carbonyl (C=O) groups excluding carboxylic acids is 1. The van der Waals surface area contributed by atoms with Crippen molar-refractivity contribution >= 4 is 5.97 Å². The minimum Gasteiger partial charge on any atom is -0.385 e. The molecule has 0 saturated heterocycles. The summed E-state index contributed by atoms with van der Waals surface area (Å²) in [4.78, 5) is 13.9. The standard InChI is InChI=1S/C11H13FO3/c1-2-11(14,8-10(13)15-12)9-6-4-3-5-7-9/h3-7,14H,2,8H2,1H3. The molecule has 0 fully saturated rings. The first-order valence-corrected chi connectivity index (χ1v) is 4.71. The summed E-state index contributed by atoms with van der Waals surface area (Å²) in [6.45, 7) is 1.72. The molecule has 0 aromatic heterocycles. The molecule has 1 atom stereocenters. The minimum atomic E-state index is -1.36. The molecule has 4 heteroatoms. The van der Waals surface area contributed by atoms with E-state index in [2.05, 4.69) is 4.94 Å². The van der Waals surface area contributed by atoms with Crippen LogP contribution in [0.3, 0.4) is 0 Å². The van der Waals surface area contributed by atoms with Gasteiger partial charge < -0.3 is 5.11 Å². The van der Waals surface area contributed by atoms with Crippen LogP contribution in [0.5, 0.6) is 0 Å². The molecule has 0 heterocycles. The van der Waals surface area contributed by atoms with E-state index in [1.165, 1.54) is 0 Å². The van der Waals surface area contributed by atoms with Crippen LogP contribution < -0.4 is 0 Å². The van der Waals surface area contributed by atoms with E-state index in [1.807, 2.05) is 0 Å². The zero-order valence-corrected chi connectivity index (χ0v) is 8.44. The zero-order valence-electron chi connectivity index (χ0n) is 8.44. The van der Waals surface area contributed by atoms with E-state index in [0.29, 0.717) is 12.0 Å². The SMILES string of the molecule is CCC(O)(CC(=O)OF)c1ccccc1. The van der Waals surface area contributed by atoms with Crippen LogP contribution >= 0.6 is 0 Å². The number of halogens is 1. The van der Waals surface area contributed by atoms with Gasteiger partial charge in [-0.05, 0) is 12.0 Å². The first-order valence-electron chi connectivity index (χ1n) is 4.71. The Hall–Kier alpha value is -1.42. The summed E-state index contributed by atoms with van der Waals surface area (Å²) in [5.41, 5.74) is -0.775. The maximum atomic E-state index is 11.6. The van der Waals surface area contributed by atoms with Gasteiger partial charge in [-0.2, -0.15) is 0 Å². The Balaban J connectivity index is 2.90. The van der Waals surface area contributed by atoms with Crippen LogP contribution in [0, 0.1) is 0 Å². The number of rotatable bonds is 4. The van der Waals surface area contributed by atoms with Crippen LogP contribution in [0.2, 0.25) is 0 Å². The van der Waals surface area contributed by atoms with Crippen molar-refractivity contribution in [2.24, 2.45) is 0 Å².